The number of amides is 2. The van der Waals surface area contributed by atoms with Gasteiger partial charge in [0.05, 0.1) is 17.6 Å². The Balaban J connectivity index is 1.77. The number of hydrogen-bond donors (Lipinski definition) is 3. The average molecular weight is 501 g/mol. The van der Waals surface area contributed by atoms with Gasteiger partial charge in [0.2, 0.25) is 0 Å². The lowest BCUT2D eigenvalue weighted by Crippen LogP contribution is -2.35. The maximum Gasteiger partial charge on any atom is 0.251 e. The third-order valence-corrected chi connectivity index (χ3v) is 5.91. The smallest absolute Gasteiger partial charge is 0.251 e. The first-order chi connectivity index (χ1) is 17.5. The monoisotopic (exact) mass is 500 g/mol. The number of aryl methyl sites for hydroxylation is 1. The Hall–Kier alpha value is -4.53. The van der Waals surface area contributed by atoms with Crippen LogP contribution < -0.4 is 16.4 Å². The highest BCUT2D eigenvalue weighted by molar-refractivity contribution is 6.08. The van der Waals surface area contributed by atoms with Gasteiger partial charge in [0.15, 0.2) is 0 Å². The lowest BCUT2D eigenvalue weighted by Gasteiger charge is -2.15. The number of nitrogens with zero attached hydrogens (tertiary/aromatic N) is 3. The van der Waals surface area contributed by atoms with Crippen LogP contribution in [0.3, 0.4) is 0 Å². The molecule has 4 rings (SSSR count). The summed E-state index contributed by atoms with van der Waals surface area (Å²) in [7, 11) is 1.89. The number of nitrogens with one attached hydrogen (secondary N) is 2. The fraction of sp³-hybridized carbons (Fsp3) is 0.214. The first-order valence-electron chi connectivity index (χ1n) is 11.7. The van der Waals surface area contributed by atoms with Crippen LogP contribution in [0.2, 0.25) is 0 Å². The Labute approximate surface area is 214 Å². The molecule has 2 heterocycles. The van der Waals surface area contributed by atoms with Crippen molar-refractivity contribution in [3.8, 4) is 22.4 Å². The summed E-state index contributed by atoms with van der Waals surface area (Å²) in [5, 5.41) is 6.11. The number of nitrogen functional groups attached to an aromatic ring is 1. The molecule has 8 nitrogen and oxygen atoms in total. The summed E-state index contributed by atoms with van der Waals surface area (Å²) in [5.74, 6) is -0.273. The van der Waals surface area contributed by atoms with E-state index in [1.807, 2.05) is 48.0 Å². The van der Waals surface area contributed by atoms with Crippen LogP contribution in [0.15, 0.2) is 67.0 Å². The molecule has 0 fully saturated rings. The summed E-state index contributed by atoms with van der Waals surface area (Å²) in [6.07, 6.45) is 1.42. The van der Waals surface area contributed by atoms with Crippen LogP contribution in [0.5, 0.6) is 0 Å². The van der Waals surface area contributed by atoms with Gasteiger partial charge in [-0.25, -0.2) is 14.4 Å². The van der Waals surface area contributed by atoms with Crippen molar-refractivity contribution >= 4 is 34.4 Å². The third-order valence-electron chi connectivity index (χ3n) is 5.91. The van der Waals surface area contributed by atoms with Gasteiger partial charge >= 0.3 is 0 Å². The molecule has 2 amide bonds. The summed E-state index contributed by atoms with van der Waals surface area (Å²) >= 11 is 0. The standard InChI is InChI=1S/C28H29FN6O2/c1-16(2)26(36)34-20-12-10-18(11-13-20)23-21(22-24(30)32-15-33-25(22)35(23)5)17-6-8-19(9-7-17)27(37)31-14-28(3,4)29/h6-13,15H,1,14H2,2-5H3,(H,31,37)(H,34,36)(H2,30,32,33). The van der Waals surface area contributed by atoms with Gasteiger partial charge in [0, 0.05) is 29.4 Å². The molecule has 4 aromatic rings. The van der Waals surface area contributed by atoms with Gasteiger partial charge < -0.3 is 20.9 Å². The molecule has 0 spiro atoms. The van der Waals surface area contributed by atoms with E-state index in [1.165, 1.54) is 20.2 Å². The number of benzene rings is 2. The van der Waals surface area contributed by atoms with Crippen LogP contribution in [0.25, 0.3) is 33.4 Å². The van der Waals surface area contributed by atoms with Gasteiger partial charge in [-0.3, -0.25) is 9.59 Å². The predicted octanol–water partition coefficient (Wildman–Crippen LogP) is 4.88. The maximum atomic E-state index is 13.8. The molecule has 0 unspecified atom stereocenters. The number of aromatic nitrogens is 3. The molecule has 0 aliphatic carbocycles. The number of halogens is 1. The first kappa shape index (κ1) is 25.6. The van der Waals surface area contributed by atoms with Crippen molar-refractivity contribution < 1.29 is 14.0 Å². The second-order valence-electron chi connectivity index (χ2n) is 9.53. The van der Waals surface area contributed by atoms with Crippen LogP contribution in [0, 0.1) is 0 Å². The molecule has 0 bridgehead atoms. The van der Waals surface area contributed by atoms with Crippen molar-refractivity contribution in [2.75, 3.05) is 17.6 Å². The highest BCUT2D eigenvalue weighted by Gasteiger charge is 2.22. The number of rotatable bonds is 7. The second kappa shape index (κ2) is 9.85. The number of nitrogens with two attached hydrogens (primary N) is 1. The molecule has 0 atom stereocenters. The zero-order chi connectivity index (χ0) is 26.9. The topological polar surface area (TPSA) is 115 Å². The van der Waals surface area contributed by atoms with E-state index in [4.69, 9.17) is 5.73 Å². The third kappa shape index (κ3) is 5.35. The predicted molar refractivity (Wildman–Crippen MR) is 145 cm³/mol. The number of carbonyl (C=O) groups excluding carboxylic acids is 2. The molecule has 9 heteroatoms. The zero-order valence-electron chi connectivity index (χ0n) is 21.2. The summed E-state index contributed by atoms with van der Waals surface area (Å²) in [5.41, 5.74) is 10.3. The lowest BCUT2D eigenvalue weighted by atomic mass is 9.97. The van der Waals surface area contributed by atoms with Crippen LogP contribution >= 0.6 is 0 Å². The number of fused-ring (bicyclic) bond motifs is 1. The van der Waals surface area contributed by atoms with E-state index in [-0.39, 0.29) is 18.4 Å². The molecule has 190 valence electrons. The number of alkyl halides is 1. The number of carbonyl (C=O) groups is 2. The molecular weight excluding hydrogens is 471 g/mol. The van der Waals surface area contributed by atoms with E-state index in [9.17, 15) is 14.0 Å². The Morgan fingerprint density at radius 3 is 2.27 bits per heavy atom. The Kier molecular flexibility index (Phi) is 6.80. The van der Waals surface area contributed by atoms with Crippen molar-refractivity contribution in [3.05, 3.63) is 72.6 Å². The fourth-order valence-electron chi connectivity index (χ4n) is 4.02. The summed E-state index contributed by atoms with van der Waals surface area (Å²) in [4.78, 5) is 33.1. The van der Waals surface area contributed by atoms with Crippen LogP contribution in [0.4, 0.5) is 15.9 Å². The molecule has 2 aromatic carbocycles. The van der Waals surface area contributed by atoms with Crippen LogP contribution in [0.1, 0.15) is 31.1 Å². The quantitative estimate of drug-likeness (QED) is 0.313. The number of anilines is 2. The van der Waals surface area contributed by atoms with Crippen LogP contribution in [-0.4, -0.2) is 38.6 Å². The van der Waals surface area contributed by atoms with Gasteiger partial charge in [-0.2, -0.15) is 0 Å². The van der Waals surface area contributed by atoms with Crippen molar-refractivity contribution in [2.24, 2.45) is 7.05 Å². The van der Waals surface area contributed by atoms with Crippen molar-refractivity contribution in [3.63, 3.8) is 0 Å². The maximum absolute atomic E-state index is 13.8. The van der Waals surface area contributed by atoms with Gasteiger partial charge in [-0.1, -0.05) is 30.8 Å². The van der Waals surface area contributed by atoms with E-state index < -0.39 is 5.67 Å². The van der Waals surface area contributed by atoms with Crippen LogP contribution in [-0.2, 0) is 11.8 Å². The van der Waals surface area contributed by atoms with Gasteiger partial charge in [-0.05, 0) is 56.2 Å². The van der Waals surface area contributed by atoms with E-state index in [0.717, 1.165) is 22.4 Å². The van der Waals surface area contributed by atoms with Gasteiger partial charge in [0.1, 0.15) is 23.5 Å². The minimum Gasteiger partial charge on any atom is -0.383 e. The van der Waals surface area contributed by atoms with E-state index >= 15 is 0 Å². The first-order valence-corrected chi connectivity index (χ1v) is 11.7. The van der Waals surface area contributed by atoms with Crippen molar-refractivity contribution in [2.45, 2.75) is 26.4 Å². The fourth-order valence-corrected chi connectivity index (χ4v) is 4.02. The highest BCUT2D eigenvalue weighted by Crippen LogP contribution is 2.41. The molecule has 0 aliphatic heterocycles. The average Bonchev–Trinajstić information content (AvgIpc) is 3.16. The molecule has 0 saturated heterocycles. The molecule has 0 saturated carbocycles. The summed E-state index contributed by atoms with van der Waals surface area (Å²) in [6, 6.07) is 14.4. The minimum absolute atomic E-state index is 0.0856. The normalized spacial score (nSPS) is 11.4. The largest absolute Gasteiger partial charge is 0.383 e. The van der Waals surface area contributed by atoms with Crippen molar-refractivity contribution in [1.29, 1.82) is 0 Å². The lowest BCUT2D eigenvalue weighted by molar-refractivity contribution is -0.112. The van der Waals surface area contributed by atoms with Crippen molar-refractivity contribution in [1.82, 2.24) is 19.9 Å². The Bertz CT molecular complexity index is 1500. The highest BCUT2D eigenvalue weighted by atomic mass is 19.1. The zero-order valence-corrected chi connectivity index (χ0v) is 21.2. The van der Waals surface area contributed by atoms with Gasteiger partial charge in [0.25, 0.3) is 11.8 Å². The Morgan fingerprint density at radius 1 is 1.05 bits per heavy atom. The molecule has 0 aliphatic rings. The second-order valence-corrected chi connectivity index (χ2v) is 9.53. The molecule has 2 aromatic heterocycles. The molecular formula is C28H29FN6O2. The van der Waals surface area contributed by atoms with Gasteiger partial charge in [-0.15, -0.1) is 0 Å². The molecule has 37 heavy (non-hydrogen) atoms. The Morgan fingerprint density at radius 2 is 1.68 bits per heavy atom. The minimum atomic E-state index is -1.51. The molecule has 0 radical (unpaired) electrons. The van der Waals surface area contributed by atoms with E-state index in [1.54, 1.807) is 19.1 Å². The van der Waals surface area contributed by atoms with E-state index in [0.29, 0.717) is 33.7 Å². The number of hydrogen-bond acceptors (Lipinski definition) is 5. The summed E-state index contributed by atoms with van der Waals surface area (Å²) in [6.45, 7) is 8.04. The molecule has 4 N–H and O–H groups in total. The summed E-state index contributed by atoms with van der Waals surface area (Å²) < 4.78 is 15.7. The SMILES string of the molecule is C=C(C)C(=O)Nc1ccc(-c2c(-c3ccc(C(=O)NCC(C)(C)F)cc3)c3c(N)ncnc3n2C)cc1. The van der Waals surface area contributed by atoms with E-state index in [2.05, 4.69) is 27.2 Å².